The lowest BCUT2D eigenvalue weighted by atomic mass is 9.98. The van der Waals surface area contributed by atoms with Gasteiger partial charge in [-0.1, -0.05) is 78.9 Å². The molecule has 0 spiro atoms. The molecule has 0 unspecified atom stereocenters. The second kappa shape index (κ2) is 9.46. The SMILES string of the molecule is O=C(N[C@@H](Cc1ccccc1)C(=O)N1CCCN1)OCC1c2ccccc2-c2ccccc21. The van der Waals surface area contributed by atoms with Gasteiger partial charge < -0.3 is 10.1 Å². The van der Waals surface area contributed by atoms with Gasteiger partial charge in [-0.3, -0.25) is 9.80 Å². The summed E-state index contributed by atoms with van der Waals surface area (Å²) in [5, 5.41) is 4.42. The number of hydrazine groups is 1. The monoisotopic (exact) mass is 441 g/mol. The highest BCUT2D eigenvalue weighted by molar-refractivity contribution is 5.86. The number of hydrogen-bond donors (Lipinski definition) is 2. The van der Waals surface area contributed by atoms with E-state index in [0.29, 0.717) is 13.0 Å². The van der Waals surface area contributed by atoms with E-state index in [9.17, 15) is 9.59 Å². The van der Waals surface area contributed by atoms with Crippen LogP contribution in [0.4, 0.5) is 4.79 Å². The number of nitrogens with one attached hydrogen (secondary N) is 2. The molecule has 1 fully saturated rings. The number of amides is 2. The molecule has 0 bridgehead atoms. The van der Waals surface area contributed by atoms with E-state index in [1.165, 1.54) is 11.1 Å². The molecule has 2 amide bonds. The van der Waals surface area contributed by atoms with Crippen LogP contribution in [0, 0.1) is 0 Å². The summed E-state index contributed by atoms with van der Waals surface area (Å²) in [5.41, 5.74) is 8.74. The van der Waals surface area contributed by atoms with E-state index in [1.807, 2.05) is 54.6 Å². The highest BCUT2D eigenvalue weighted by Gasteiger charge is 2.31. The lowest BCUT2D eigenvalue weighted by Gasteiger charge is -2.24. The van der Waals surface area contributed by atoms with Gasteiger partial charge in [0.1, 0.15) is 12.6 Å². The van der Waals surface area contributed by atoms with Crippen LogP contribution in [-0.4, -0.2) is 42.7 Å². The van der Waals surface area contributed by atoms with Crippen LogP contribution in [0.5, 0.6) is 0 Å². The maximum Gasteiger partial charge on any atom is 0.407 e. The van der Waals surface area contributed by atoms with Gasteiger partial charge in [0.05, 0.1) is 0 Å². The summed E-state index contributed by atoms with van der Waals surface area (Å²) < 4.78 is 5.68. The van der Waals surface area contributed by atoms with Gasteiger partial charge in [-0.05, 0) is 34.2 Å². The molecule has 3 aromatic rings. The van der Waals surface area contributed by atoms with Crippen molar-refractivity contribution in [3.8, 4) is 11.1 Å². The van der Waals surface area contributed by atoms with Crippen molar-refractivity contribution in [1.82, 2.24) is 15.8 Å². The van der Waals surface area contributed by atoms with Crippen molar-refractivity contribution >= 4 is 12.0 Å². The zero-order valence-corrected chi connectivity index (χ0v) is 18.4. The normalized spacial score (nSPS) is 15.6. The Kier molecular flexibility index (Phi) is 6.09. The second-order valence-electron chi connectivity index (χ2n) is 8.46. The first-order valence-corrected chi connectivity index (χ1v) is 11.4. The summed E-state index contributed by atoms with van der Waals surface area (Å²) in [6, 6.07) is 25.4. The molecule has 2 aliphatic rings. The Labute approximate surface area is 193 Å². The zero-order valence-electron chi connectivity index (χ0n) is 18.4. The van der Waals surface area contributed by atoms with Crippen LogP contribution in [0.1, 0.15) is 29.0 Å². The van der Waals surface area contributed by atoms with Gasteiger partial charge in [0.2, 0.25) is 0 Å². The minimum Gasteiger partial charge on any atom is -0.449 e. The number of fused-ring (bicyclic) bond motifs is 3. The molecule has 0 aromatic heterocycles. The van der Waals surface area contributed by atoms with Gasteiger partial charge in [-0.2, -0.15) is 0 Å². The molecule has 1 aliphatic heterocycles. The Morgan fingerprint density at radius 3 is 2.21 bits per heavy atom. The van der Waals surface area contributed by atoms with Crippen molar-refractivity contribution in [3.63, 3.8) is 0 Å². The molecule has 0 radical (unpaired) electrons. The Bertz CT molecular complexity index is 1100. The van der Waals surface area contributed by atoms with Gasteiger partial charge >= 0.3 is 6.09 Å². The Hall–Kier alpha value is -3.64. The van der Waals surface area contributed by atoms with E-state index in [0.717, 1.165) is 29.7 Å². The maximum absolute atomic E-state index is 13.1. The van der Waals surface area contributed by atoms with E-state index >= 15 is 0 Å². The fourth-order valence-corrected chi connectivity index (χ4v) is 4.74. The topological polar surface area (TPSA) is 70.7 Å². The quantitative estimate of drug-likeness (QED) is 0.609. The summed E-state index contributed by atoms with van der Waals surface area (Å²) in [6.45, 7) is 1.61. The van der Waals surface area contributed by atoms with Crippen LogP contribution in [0.15, 0.2) is 78.9 Å². The highest BCUT2D eigenvalue weighted by Crippen LogP contribution is 2.44. The summed E-state index contributed by atoms with van der Waals surface area (Å²) in [6.07, 6.45) is 0.724. The third kappa shape index (κ3) is 4.47. The Morgan fingerprint density at radius 2 is 1.58 bits per heavy atom. The molecule has 1 aliphatic carbocycles. The largest absolute Gasteiger partial charge is 0.449 e. The molecule has 3 aromatic carbocycles. The molecule has 1 saturated heterocycles. The Morgan fingerprint density at radius 1 is 0.939 bits per heavy atom. The number of nitrogens with zero attached hydrogens (tertiary/aromatic N) is 1. The first kappa shape index (κ1) is 21.2. The van der Waals surface area contributed by atoms with Crippen molar-refractivity contribution in [3.05, 3.63) is 95.6 Å². The van der Waals surface area contributed by atoms with Gasteiger partial charge in [0.25, 0.3) is 5.91 Å². The molecule has 33 heavy (non-hydrogen) atoms. The Balaban J connectivity index is 1.28. The van der Waals surface area contributed by atoms with Gasteiger partial charge in [0, 0.05) is 25.4 Å². The summed E-state index contributed by atoms with van der Waals surface area (Å²) in [5.74, 6) is -0.170. The number of ether oxygens (including phenoxy) is 1. The van der Waals surface area contributed by atoms with E-state index in [4.69, 9.17) is 4.74 Å². The predicted molar refractivity (Wildman–Crippen MR) is 126 cm³/mol. The lowest BCUT2D eigenvalue weighted by Crippen LogP contribution is -2.52. The minimum absolute atomic E-state index is 0.0216. The average Bonchev–Trinajstić information content (AvgIpc) is 3.50. The lowest BCUT2D eigenvalue weighted by molar-refractivity contribution is -0.134. The first-order chi connectivity index (χ1) is 16.2. The number of carbonyl (C=O) groups is 2. The van der Waals surface area contributed by atoms with Crippen LogP contribution < -0.4 is 10.7 Å². The standard InChI is InChI=1S/C27H27N3O3/c31-26(30-16-8-15-28-30)25(17-19-9-2-1-3-10-19)29-27(32)33-18-24-22-13-6-4-11-20(22)21-12-5-7-14-23(21)24/h1-7,9-14,24-25,28H,8,15-18H2,(H,29,32)/t25-/m0/s1. The van der Waals surface area contributed by atoms with E-state index < -0.39 is 12.1 Å². The van der Waals surface area contributed by atoms with Crippen LogP contribution in [0.2, 0.25) is 0 Å². The third-order valence-electron chi connectivity index (χ3n) is 6.34. The van der Waals surface area contributed by atoms with Crippen molar-refractivity contribution in [1.29, 1.82) is 0 Å². The number of hydrogen-bond acceptors (Lipinski definition) is 4. The predicted octanol–water partition coefficient (Wildman–Crippen LogP) is 3.87. The van der Waals surface area contributed by atoms with Crippen LogP contribution in [0.25, 0.3) is 11.1 Å². The van der Waals surface area contributed by atoms with Crippen LogP contribution in [-0.2, 0) is 16.0 Å². The molecule has 6 heteroatoms. The molecule has 1 atom stereocenters. The summed E-state index contributed by atoms with van der Waals surface area (Å²) >= 11 is 0. The smallest absolute Gasteiger partial charge is 0.407 e. The van der Waals surface area contributed by atoms with Crippen LogP contribution in [0.3, 0.4) is 0 Å². The van der Waals surface area contributed by atoms with Crippen molar-refractivity contribution in [2.24, 2.45) is 0 Å². The van der Waals surface area contributed by atoms with Crippen LogP contribution >= 0.6 is 0 Å². The minimum atomic E-state index is -0.700. The second-order valence-corrected chi connectivity index (χ2v) is 8.46. The third-order valence-corrected chi connectivity index (χ3v) is 6.34. The van der Waals surface area contributed by atoms with E-state index in [2.05, 4.69) is 35.0 Å². The highest BCUT2D eigenvalue weighted by atomic mass is 16.5. The maximum atomic E-state index is 13.1. The van der Waals surface area contributed by atoms with Crippen molar-refractivity contribution in [2.75, 3.05) is 19.7 Å². The average molecular weight is 442 g/mol. The molecular formula is C27H27N3O3. The number of benzene rings is 3. The van der Waals surface area contributed by atoms with Gasteiger partial charge in [-0.15, -0.1) is 0 Å². The van der Waals surface area contributed by atoms with Crippen molar-refractivity contribution in [2.45, 2.75) is 24.8 Å². The van der Waals surface area contributed by atoms with Crippen molar-refractivity contribution < 1.29 is 14.3 Å². The molecular weight excluding hydrogens is 414 g/mol. The van der Waals surface area contributed by atoms with E-state index in [-0.39, 0.29) is 18.4 Å². The molecule has 1 heterocycles. The molecule has 0 saturated carbocycles. The molecule has 2 N–H and O–H groups in total. The molecule has 6 nitrogen and oxygen atoms in total. The zero-order chi connectivity index (χ0) is 22.6. The first-order valence-electron chi connectivity index (χ1n) is 11.4. The van der Waals surface area contributed by atoms with Gasteiger partial charge in [-0.25, -0.2) is 10.2 Å². The number of alkyl carbamates (subject to hydrolysis) is 1. The number of carbonyl (C=O) groups excluding carboxylic acids is 2. The fourth-order valence-electron chi connectivity index (χ4n) is 4.74. The van der Waals surface area contributed by atoms with E-state index in [1.54, 1.807) is 5.01 Å². The molecule has 5 rings (SSSR count). The summed E-state index contributed by atoms with van der Waals surface area (Å²) in [7, 11) is 0. The van der Waals surface area contributed by atoms with Gasteiger partial charge in [0.15, 0.2) is 0 Å². The summed E-state index contributed by atoms with van der Waals surface area (Å²) in [4.78, 5) is 25.9. The number of rotatable bonds is 6. The molecule has 168 valence electrons. The fraction of sp³-hybridized carbons (Fsp3) is 0.259.